The number of carbonyl (C=O) groups is 2. The third-order valence-corrected chi connectivity index (χ3v) is 7.37. The van der Waals surface area contributed by atoms with Crippen LogP contribution >= 0.6 is 0 Å². The number of carbonyl (C=O) groups excluding carboxylic acids is 2. The maximum Gasteiger partial charge on any atom is 0.338 e. The summed E-state index contributed by atoms with van der Waals surface area (Å²) < 4.78 is 12.6. The molecule has 0 saturated carbocycles. The van der Waals surface area contributed by atoms with Crippen molar-refractivity contribution in [2.45, 2.75) is 93.3 Å². The minimum absolute atomic E-state index is 0.0692. The third kappa shape index (κ3) is 9.93. The second-order valence-electron chi connectivity index (χ2n) is 12.2. The van der Waals surface area contributed by atoms with E-state index in [1.807, 2.05) is 36.4 Å². The number of ether oxygens (including phenoxy) is 2. The van der Waals surface area contributed by atoms with E-state index in [0.29, 0.717) is 23.0 Å². The van der Waals surface area contributed by atoms with Gasteiger partial charge in [0.15, 0.2) is 0 Å². The molecule has 4 atom stereocenters. The van der Waals surface area contributed by atoms with Gasteiger partial charge in [0.1, 0.15) is 12.2 Å². The van der Waals surface area contributed by atoms with E-state index in [2.05, 4.69) is 55.4 Å². The monoisotopic (exact) mass is 522 g/mol. The summed E-state index contributed by atoms with van der Waals surface area (Å²) in [5.74, 6) is 0.848. The molecular formula is C34H50O4. The highest BCUT2D eigenvalue weighted by Crippen LogP contribution is 2.39. The summed E-state index contributed by atoms with van der Waals surface area (Å²) in [6.45, 7) is 17.4. The van der Waals surface area contributed by atoms with E-state index < -0.39 is 0 Å². The van der Waals surface area contributed by atoms with E-state index in [0.717, 1.165) is 25.7 Å². The fourth-order valence-corrected chi connectivity index (χ4v) is 5.26. The second-order valence-corrected chi connectivity index (χ2v) is 12.2. The fourth-order valence-electron chi connectivity index (χ4n) is 5.26. The lowest BCUT2D eigenvalue weighted by Gasteiger charge is -2.41. The van der Waals surface area contributed by atoms with Gasteiger partial charge in [-0.2, -0.15) is 0 Å². The first-order valence-corrected chi connectivity index (χ1v) is 14.5. The molecule has 4 heteroatoms. The van der Waals surface area contributed by atoms with Crippen molar-refractivity contribution in [3.8, 4) is 0 Å². The number of hydrogen-bond acceptors (Lipinski definition) is 4. The first-order chi connectivity index (χ1) is 18.0. The largest absolute Gasteiger partial charge is 0.458 e. The topological polar surface area (TPSA) is 52.6 Å². The van der Waals surface area contributed by atoms with Crippen molar-refractivity contribution in [3.05, 3.63) is 71.8 Å². The van der Waals surface area contributed by atoms with Crippen LogP contribution in [-0.4, -0.2) is 24.1 Å². The molecule has 0 fully saturated rings. The van der Waals surface area contributed by atoms with Gasteiger partial charge >= 0.3 is 11.9 Å². The lowest BCUT2D eigenvalue weighted by molar-refractivity contribution is -0.0632. The molecule has 0 aliphatic rings. The maximum absolute atomic E-state index is 13.2. The zero-order valence-electron chi connectivity index (χ0n) is 24.9. The molecule has 4 unspecified atom stereocenters. The van der Waals surface area contributed by atoms with Crippen molar-refractivity contribution in [2.24, 2.45) is 35.5 Å². The normalized spacial score (nSPS) is 14.9. The van der Waals surface area contributed by atoms with Gasteiger partial charge in [-0.05, 0) is 60.8 Å². The Bertz CT molecular complexity index is 869. The lowest BCUT2D eigenvalue weighted by atomic mass is 9.71. The highest BCUT2D eigenvalue weighted by molar-refractivity contribution is 5.90. The van der Waals surface area contributed by atoms with Crippen LogP contribution in [0.15, 0.2) is 60.7 Å². The Balaban J connectivity index is 2.48. The van der Waals surface area contributed by atoms with E-state index >= 15 is 0 Å². The van der Waals surface area contributed by atoms with E-state index in [9.17, 15) is 9.59 Å². The van der Waals surface area contributed by atoms with Gasteiger partial charge < -0.3 is 9.47 Å². The summed E-state index contributed by atoms with van der Waals surface area (Å²) in [5, 5.41) is 0. The number of rotatable bonds is 15. The molecule has 2 rings (SSSR count). The average Bonchev–Trinajstić information content (AvgIpc) is 2.88. The van der Waals surface area contributed by atoms with Crippen LogP contribution in [0.3, 0.4) is 0 Å². The summed E-state index contributed by atoms with van der Waals surface area (Å²) >= 11 is 0. The molecule has 4 nitrogen and oxygen atoms in total. The molecule has 0 saturated heterocycles. The van der Waals surface area contributed by atoms with Gasteiger partial charge in [-0.25, -0.2) is 9.59 Å². The van der Waals surface area contributed by atoms with Crippen molar-refractivity contribution >= 4 is 11.9 Å². The number of benzene rings is 2. The summed E-state index contributed by atoms with van der Waals surface area (Å²) in [6, 6.07) is 18.5. The Morgan fingerprint density at radius 2 is 0.842 bits per heavy atom. The molecule has 0 N–H and O–H groups in total. The first kappa shape index (κ1) is 31.6. The molecule has 0 amide bonds. The fraction of sp³-hybridized carbons (Fsp3) is 0.588. The molecule has 0 aromatic heterocycles. The van der Waals surface area contributed by atoms with Crippen molar-refractivity contribution < 1.29 is 19.1 Å². The van der Waals surface area contributed by atoms with Gasteiger partial charge in [-0.1, -0.05) is 105 Å². The Kier molecular flexibility index (Phi) is 13.1. The van der Waals surface area contributed by atoms with Crippen LogP contribution in [0, 0.1) is 35.5 Å². The molecule has 0 spiro atoms. The molecular weight excluding hydrogens is 472 g/mol. The molecule has 38 heavy (non-hydrogen) atoms. The molecule has 0 aliphatic carbocycles. The standard InChI is InChI=1S/C34H50O4/c1-23(2)19-21-29(31(25(5)6)37-33(35)27-15-11-9-12-16-27)30(22-20-24(3)4)32(26(7)8)38-34(36)28-17-13-10-14-18-28/h9-18,23-26,29-32H,19-22H2,1-8H3. The third-order valence-electron chi connectivity index (χ3n) is 7.37. The van der Waals surface area contributed by atoms with Gasteiger partial charge in [0.25, 0.3) is 0 Å². The summed E-state index contributed by atoms with van der Waals surface area (Å²) in [4.78, 5) is 26.5. The van der Waals surface area contributed by atoms with Crippen molar-refractivity contribution in [3.63, 3.8) is 0 Å². The van der Waals surface area contributed by atoms with Crippen molar-refractivity contribution in [2.75, 3.05) is 0 Å². The molecule has 0 radical (unpaired) electrons. The van der Waals surface area contributed by atoms with Gasteiger partial charge in [0.05, 0.1) is 11.1 Å². The Morgan fingerprint density at radius 3 is 1.11 bits per heavy atom. The van der Waals surface area contributed by atoms with Crippen LogP contribution in [0.25, 0.3) is 0 Å². The molecule has 2 aromatic carbocycles. The van der Waals surface area contributed by atoms with E-state index in [-0.39, 0.29) is 47.8 Å². The zero-order chi connectivity index (χ0) is 28.2. The predicted octanol–water partition coefficient (Wildman–Crippen LogP) is 8.85. The van der Waals surface area contributed by atoms with Crippen molar-refractivity contribution in [1.82, 2.24) is 0 Å². The number of esters is 2. The van der Waals surface area contributed by atoms with Crippen LogP contribution in [-0.2, 0) is 9.47 Å². The molecule has 0 bridgehead atoms. The average molecular weight is 523 g/mol. The first-order valence-electron chi connectivity index (χ1n) is 14.5. The summed E-state index contributed by atoms with van der Waals surface area (Å²) in [7, 11) is 0. The molecule has 0 aliphatic heterocycles. The molecule has 0 heterocycles. The minimum Gasteiger partial charge on any atom is -0.458 e. The predicted molar refractivity (Wildman–Crippen MR) is 156 cm³/mol. The van der Waals surface area contributed by atoms with Crippen molar-refractivity contribution in [1.29, 1.82) is 0 Å². The van der Waals surface area contributed by atoms with Gasteiger partial charge in [0.2, 0.25) is 0 Å². The van der Waals surface area contributed by atoms with Gasteiger partial charge in [0, 0.05) is 11.8 Å². The van der Waals surface area contributed by atoms with Crippen LogP contribution in [0.4, 0.5) is 0 Å². The SMILES string of the molecule is CC(C)CCC(C(CCC(C)C)C(OC(=O)c1ccccc1)C(C)C)C(OC(=O)c1ccccc1)C(C)C. The summed E-state index contributed by atoms with van der Waals surface area (Å²) in [5.41, 5.74) is 1.13. The lowest BCUT2D eigenvalue weighted by Crippen LogP contribution is -2.44. The number of hydrogen-bond donors (Lipinski definition) is 0. The van der Waals surface area contributed by atoms with Crippen LogP contribution in [0.1, 0.15) is 102 Å². The van der Waals surface area contributed by atoms with Gasteiger partial charge in [-0.3, -0.25) is 0 Å². The van der Waals surface area contributed by atoms with Crippen LogP contribution in [0.5, 0.6) is 0 Å². The van der Waals surface area contributed by atoms with E-state index in [1.54, 1.807) is 24.3 Å². The molecule has 2 aromatic rings. The van der Waals surface area contributed by atoms with Gasteiger partial charge in [-0.15, -0.1) is 0 Å². The Hall–Kier alpha value is -2.62. The van der Waals surface area contributed by atoms with Crippen LogP contribution in [0.2, 0.25) is 0 Å². The Labute approximate surface area is 231 Å². The highest BCUT2D eigenvalue weighted by Gasteiger charge is 2.41. The Morgan fingerprint density at radius 1 is 0.526 bits per heavy atom. The maximum atomic E-state index is 13.2. The van der Waals surface area contributed by atoms with E-state index in [1.165, 1.54) is 0 Å². The van der Waals surface area contributed by atoms with E-state index in [4.69, 9.17) is 9.47 Å². The molecule has 210 valence electrons. The second kappa shape index (κ2) is 15.7. The van der Waals surface area contributed by atoms with Crippen LogP contribution < -0.4 is 0 Å². The smallest absolute Gasteiger partial charge is 0.338 e. The minimum atomic E-state index is -0.288. The summed E-state index contributed by atoms with van der Waals surface area (Å²) in [6.07, 6.45) is 3.30. The zero-order valence-corrected chi connectivity index (χ0v) is 24.9. The quantitative estimate of drug-likeness (QED) is 0.219. The highest BCUT2D eigenvalue weighted by atomic mass is 16.6.